The normalized spacial score (nSPS) is 18.7. The molecular weight excluding hydrogens is 302 g/mol. The lowest BCUT2D eigenvalue weighted by Crippen LogP contribution is -2.40. The average molecular weight is 323 g/mol. The molecule has 0 amide bonds. The van der Waals surface area contributed by atoms with E-state index >= 15 is 0 Å². The highest BCUT2D eigenvalue weighted by Gasteiger charge is 2.35. The second kappa shape index (κ2) is 5.64. The van der Waals surface area contributed by atoms with Crippen molar-refractivity contribution in [1.82, 2.24) is 4.90 Å². The van der Waals surface area contributed by atoms with Crippen molar-refractivity contribution in [2.45, 2.75) is 25.8 Å². The monoisotopic (exact) mass is 323 g/mol. The van der Waals surface area contributed by atoms with E-state index in [-0.39, 0.29) is 17.6 Å². The van der Waals surface area contributed by atoms with Crippen molar-refractivity contribution in [3.8, 4) is 22.6 Å². The van der Waals surface area contributed by atoms with Gasteiger partial charge in [-0.3, -0.25) is 9.69 Å². The maximum Gasteiger partial charge on any atom is 0.165 e. The Labute approximate surface area is 141 Å². The molecule has 0 radical (unpaired) electrons. The minimum atomic E-state index is 0.194. The quantitative estimate of drug-likeness (QED) is 0.943. The van der Waals surface area contributed by atoms with Gasteiger partial charge in [0.05, 0.1) is 13.7 Å². The first-order valence-corrected chi connectivity index (χ1v) is 8.34. The lowest BCUT2D eigenvalue weighted by atomic mass is 9.76. The van der Waals surface area contributed by atoms with Crippen LogP contribution >= 0.6 is 0 Å². The molecule has 0 bridgehead atoms. The predicted molar refractivity (Wildman–Crippen MR) is 92.5 cm³/mol. The number of phenolic OH excluding ortho intramolecular Hbond substituents is 1. The Hall–Kier alpha value is -2.33. The number of ether oxygens (including phenoxy) is 1. The molecule has 1 atom stereocenters. The van der Waals surface area contributed by atoms with Crippen LogP contribution in [0.5, 0.6) is 11.5 Å². The number of carbonyl (C=O) groups is 1. The Morgan fingerprint density at radius 2 is 2.12 bits per heavy atom. The summed E-state index contributed by atoms with van der Waals surface area (Å²) >= 11 is 0. The average Bonchev–Trinajstić information content (AvgIpc) is 2.57. The van der Waals surface area contributed by atoms with Crippen LogP contribution < -0.4 is 4.74 Å². The molecular formula is C20H21NO3. The summed E-state index contributed by atoms with van der Waals surface area (Å²) in [5.41, 5.74) is 5.65. The van der Waals surface area contributed by atoms with E-state index in [9.17, 15) is 9.90 Å². The van der Waals surface area contributed by atoms with E-state index in [1.165, 1.54) is 11.1 Å². The summed E-state index contributed by atoms with van der Waals surface area (Å²) in [7, 11) is 1.57. The number of hydrogen-bond donors (Lipinski definition) is 1. The highest BCUT2D eigenvalue weighted by molar-refractivity contribution is 5.83. The van der Waals surface area contributed by atoms with E-state index in [4.69, 9.17) is 4.74 Å². The third-order valence-electron chi connectivity index (χ3n) is 5.19. The summed E-state index contributed by atoms with van der Waals surface area (Å²) in [5, 5.41) is 10.7. The number of phenols is 1. The SMILES string of the molecule is COc1ccc2c(c1O)-c1cccc3c1C(C2)N(CC(C)=O)CC3. The molecule has 0 saturated heterocycles. The van der Waals surface area contributed by atoms with Crippen LogP contribution in [0.1, 0.15) is 29.7 Å². The van der Waals surface area contributed by atoms with Crippen LogP contribution in [-0.4, -0.2) is 36.0 Å². The predicted octanol–water partition coefficient (Wildman–Crippen LogP) is 3.11. The summed E-state index contributed by atoms with van der Waals surface area (Å²) in [6, 6.07) is 10.3. The molecule has 4 heteroatoms. The third kappa shape index (κ3) is 2.21. The molecule has 1 N–H and O–H groups in total. The zero-order valence-corrected chi connectivity index (χ0v) is 14.0. The van der Waals surface area contributed by atoms with Crippen molar-refractivity contribution in [1.29, 1.82) is 0 Å². The number of carbonyl (C=O) groups excluding carboxylic acids is 1. The Morgan fingerprint density at radius 3 is 2.88 bits per heavy atom. The van der Waals surface area contributed by atoms with Crippen LogP contribution in [-0.2, 0) is 17.6 Å². The lowest BCUT2D eigenvalue weighted by molar-refractivity contribution is -0.118. The van der Waals surface area contributed by atoms with Crippen molar-refractivity contribution in [3.05, 3.63) is 47.0 Å². The van der Waals surface area contributed by atoms with Crippen LogP contribution in [0.15, 0.2) is 30.3 Å². The maximum atomic E-state index is 11.7. The highest BCUT2D eigenvalue weighted by Crippen LogP contribution is 2.50. The number of rotatable bonds is 3. The zero-order chi connectivity index (χ0) is 16.8. The highest BCUT2D eigenvalue weighted by atomic mass is 16.5. The molecule has 4 rings (SSSR count). The van der Waals surface area contributed by atoms with Gasteiger partial charge in [-0.05, 0) is 48.1 Å². The van der Waals surface area contributed by atoms with Crippen molar-refractivity contribution < 1.29 is 14.6 Å². The Kier molecular flexibility index (Phi) is 3.57. The molecule has 0 fully saturated rings. The molecule has 124 valence electrons. The molecule has 1 aliphatic heterocycles. The van der Waals surface area contributed by atoms with Crippen LogP contribution in [0.2, 0.25) is 0 Å². The van der Waals surface area contributed by atoms with E-state index in [0.29, 0.717) is 12.3 Å². The van der Waals surface area contributed by atoms with Gasteiger partial charge < -0.3 is 9.84 Å². The molecule has 0 spiro atoms. The number of hydrogen-bond acceptors (Lipinski definition) is 4. The fourth-order valence-electron chi connectivity index (χ4n) is 4.21. The van der Waals surface area contributed by atoms with E-state index in [2.05, 4.69) is 23.1 Å². The number of methoxy groups -OCH3 is 1. The van der Waals surface area contributed by atoms with Gasteiger partial charge in [-0.15, -0.1) is 0 Å². The summed E-state index contributed by atoms with van der Waals surface area (Å²) in [6.07, 6.45) is 1.75. The van der Waals surface area contributed by atoms with E-state index in [1.807, 2.05) is 12.1 Å². The van der Waals surface area contributed by atoms with E-state index in [1.54, 1.807) is 14.0 Å². The summed E-state index contributed by atoms with van der Waals surface area (Å²) in [5.74, 6) is 0.908. The van der Waals surface area contributed by atoms with Gasteiger partial charge in [0.1, 0.15) is 5.78 Å². The second-order valence-corrected chi connectivity index (χ2v) is 6.67. The standard InChI is InChI=1S/C20H21NO3/c1-12(22)11-21-9-8-13-4-3-5-15-18(13)16(21)10-14-6-7-17(24-2)20(23)19(14)15/h3-7,16,23H,8-11H2,1-2H3. The Bertz CT molecular complexity index is 828. The molecule has 1 aliphatic carbocycles. The van der Waals surface area contributed by atoms with Crippen molar-refractivity contribution in [2.75, 3.05) is 20.2 Å². The number of benzene rings is 2. The fraction of sp³-hybridized carbons (Fsp3) is 0.350. The Morgan fingerprint density at radius 1 is 1.29 bits per heavy atom. The van der Waals surface area contributed by atoms with E-state index in [0.717, 1.165) is 36.1 Å². The maximum absolute atomic E-state index is 11.7. The van der Waals surface area contributed by atoms with Gasteiger partial charge in [0, 0.05) is 18.2 Å². The minimum Gasteiger partial charge on any atom is -0.504 e. The number of fused-ring (bicyclic) bond motifs is 2. The summed E-state index contributed by atoms with van der Waals surface area (Å²) in [6.45, 7) is 3.03. The first kappa shape index (κ1) is 15.2. The van der Waals surface area contributed by atoms with Crippen molar-refractivity contribution in [2.24, 2.45) is 0 Å². The second-order valence-electron chi connectivity index (χ2n) is 6.67. The molecule has 2 aliphatic rings. The minimum absolute atomic E-state index is 0.194. The molecule has 0 saturated carbocycles. The van der Waals surface area contributed by atoms with Crippen LogP contribution in [0.3, 0.4) is 0 Å². The van der Waals surface area contributed by atoms with Gasteiger partial charge in [-0.2, -0.15) is 0 Å². The van der Waals surface area contributed by atoms with Gasteiger partial charge in [0.15, 0.2) is 11.5 Å². The van der Waals surface area contributed by atoms with E-state index < -0.39 is 0 Å². The largest absolute Gasteiger partial charge is 0.504 e. The third-order valence-corrected chi connectivity index (χ3v) is 5.19. The van der Waals surface area contributed by atoms with Gasteiger partial charge in [-0.25, -0.2) is 0 Å². The Balaban J connectivity index is 1.91. The molecule has 2 aromatic rings. The van der Waals surface area contributed by atoms with Gasteiger partial charge in [0.25, 0.3) is 0 Å². The smallest absolute Gasteiger partial charge is 0.165 e. The number of Topliss-reactive ketones (excluding diaryl/α,β-unsaturated/α-hetero) is 1. The molecule has 0 aromatic heterocycles. The molecule has 2 aromatic carbocycles. The first-order chi connectivity index (χ1) is 11.6. The lowest BCUT2D eigenvalue weighted by Gasteiger charge is -2.41. The number of nitrogens with zero attached hydrogens (tertiary/aromatic N) is 1. The van der Waals surface area contributed by atoms with Crippen LogP contribution in [0.4, 0.5) is 0 Å². The fourth-order valence-corrected chi connectivity index (χ4v) is 4.21. The zero-order valence-electron chi connectivity index (χ0n) is 14.0. The van der Waals surface area contributed by atoms with Crippen molar-refractivity contribution in [3.63, 3.8) is 0 Å². The molecule has 24 heavy (non-hydrogen) atoms. The van der Waals surface area contributed by atoms with Gasteiger partial charge in [-0.1, -0.05) is 24.3 Å². The molecule has 1 unspecified atom stereocenters. The molecule has 4 nitrogen and oxygen atoms in total. The topological polar surface area (TPSA) is 49.8 Å². The van der Waals surface area contributed by atoms with Crippen molar-refractivity contribution >= 4 is 5.78 Å². The number of aromatic hydroxyl groups is 1. The van der Waals surface area contributed by atoms with Gasteiger partial charge in [0.2, 0.25) is 0 Å². The summed E-state index contributed by atoms with van der Waals surface area (Å²) in [4.78, 5) is 13.9. The van der Waals surface area contributed by atoms with Crippen LogP contribution in [0, 0.1) is 0 Å². The van der Waals surface area contributed by atoms with Gasteiger partial charge >= 0.3 is 0 Å². The number of ketones is 1. The van der Waals surface area contributed by atoms with Crippen LogP contribution in [0.25, 0.3) is 11.1 Å². The molecule has 1 heterocycles. The summed E-state index contributed by atoms with van der Waals surface area (Å²) < 4.78 is 5.29. The first-order valence-electron chi connectivity index (χ1n) is 8.34.